The van der Waals surface area contributed by atoms with E-state index in [1.807, 2.05) is 13.0 Å². The van der Waals surface area contributed by atoms with Crippen LogP contribution in [0.3, 0.4) is 0 Å². The molecule has 1 aromatic carbocycles. The molecule has 0 radical (unpaired) electrons. The molecule has 1 saturated heterocycles. The summed E-state index contributed by atoms with van der Waals surface area (Å²) in [6.07, 6.45) is 1.39. The average molecular weight is 453 g/mol. The first-order valence-electron chi connectivity index (χ1n) is 7.79. The molecule has 0 spiro atoms. The number of aliphatic imine (C=N–C) groups is 1. The highest BCUT2D eigenvalue weighted by molar-refractivity contribution is 14.0. The Labute approximate surface area is 159 Å². The lowest BCUT2D eigenvalue weighted by Crippen LogP contribution is -2.46. The molecule has 1 fully saturated rings. The zero-order valence-corrected chi connectivity index (χ0v) is 16.5. The minimum absolute atomic E-state index is 0. The third-order valence-electron chi connectivity index (χ3n) is 3.55. The van der Waals surface area contributed by atoms with Crippen molar-refractivity contribution in [2.45, 2.75) is 30.8 Å². The van der Waals surface area contributed by atoms with Crippen molar-refractivity contribution in [2.24, 2.45) is 4.99 Å². The van der Waals surface area contributed by atoms with Crippen molar-refractivity contribution in [1.82, 2.24) is 10.2 Å². The second kappa shape index (κ2) is 11.1. The van der Waals surface area contributed by atoms with Gasteiger partial charge in [0.2, 0.25) is 0 Å². The number of hydrogen-bond acceptors (Lipinski definition) is 3. The van der Waals surface area contributed by atoms with Crippen molar-refractivity contribution in [2.75, 3.05) is 31.9 Å². The van der Waals surface area contributed by atoms with Crippen LogP contribution in [0, 0.1) is 5.82 Å². The summed E-state index contributed by atoms with van der Waals surface area (Å²) in [4.78, 5) is 7.47. The highest BCUT2D eigenvalue weighted by atomic mass is 127. The lowest BCUT2D eigenvalue weighted by molar-refractivity contribution is 0.108. The summed E-state index contributed by atoms with van der Waals surface area (Å²) in [5.41, 5.74) is 0. The predicted octanol–water partition coefficient (Wildman–Crippen LogP) is 2.96. The maximum absolute atomic E-state index is 13.5. The Morgan fingerprint density at radius 1 is 1.39 bits per heavy atom. The molecule has 7 heteroatoms. The third-order valence-corrected chi connectivity index (χ3v) is 4.57. The fourth-order valence-corrected chi connectivity index (χ4v) is 3.16. The van der Waals surface area contributed by atoms with Gasteiger partial charge in [-0.3, -0.25) is 4.99 Å². The second-order valence-corrected chi connectivity index (χ2v) is 6.37. The van der Waals surface area contributed by atoms with E-state index in [2.05, 4.69) is 15.2 Å². The van der Waals surface area contributed by atoms with Gasteiger partial charge in [0.25, 0.3) is 0 Å². The van der Waals surface area contributed by atoms with Gasteiger partial charge in [0.15, 0.2) is 5.96 Å². The quantitative estimate of drug-likeness (QED) is 0.237. The number of likely N-dealkylation sites (tertiary alicyclic amines) is 1. The normalized spacial score (nSPS) is 16.1. The third kappa shape index (κ3) is 6.84. The van der Waals surface area contributed by atoms with E-state index in [1.165, 1.54) is 17.8 Å². The maximum atomic E-state index is 13.5. The monoisotopic (exact) mass is 453 g/mol. The molecule has 1 aliphatic rings. The van der Waals surface area contributed by atoms with Crippen molar-refractivity contribution in [3.05, 3.63) is 30.1 Å². The van der Waals surface area contributed by atoms with Gasteiger partial charge in [0.1, 0.15) is 5.82 Å². The number of nitrogens with one attached hydrogen (secondary N) is 1. The number of halogens is 2. The lowest BCUT2D eigenvalue weighted by Gasteiger charge is -2.32. The van der Waals surface area contributed by atoms with E-state index in [9.17, 15) is 9.50 Å². The van der Waals surface area contributed by atoms with Crippen LogP contribution in [-0.2, 0) is 0 Å². The van der Waals surface area contributed by atoms with Gasteiger partial charge in [-0.05, 0) is 31.9 Å². The Hall–Kier alpha value is -0.540. The molecule has 1 aromatic rings. The fraction of sp³-hybridized carbons (Fsp3) is 0.562. The second-order valence-electron chi connectivity index (χ2n) is 5.23. The summed E-state index contributed by atoms with van der Waals surface area (Å²) in [5.74, 6) is 1.46. The Kier molecular flexibility index (Phi) is 9.89. The SMILES string of the molecule is CCNC(=NCCSc1ccccc1F)N1CCC(O)CC1.I. The summed E-state index contributed by atoms with van der Waals surface area (Å²) < 4.78 is 13.5. The van der Waals surface area contributed by atoms with E-state index in [-0.39, 0.29) is 35.9 Å². The first-order valence-corrected chi connectivity index (χ1v) is 8.78. The maximum Gasteiger partial charge on any atom is 0.193 e. The van der Waals surface area contributed by atoms with E-state index in [1.54, 1.807) is 12.1 Å². The standard InChI is InChI=1S/C16H24FN3OS.HI/c1-2-18-16(20-10-7-13(21)8-11-20)19-9-12-22-15-6-4-3-5-14(15)17;/h3-6,13,21H,2,7-12H2,1H3,(H,18,19);1H. The molecule has 23 heavy (non-hydrogen) atoms. The minimum Gasteiger partial charge on any atom is -0.393 e. The van der Waals surface area contributed by atoms with Crippen LogP contribution in [0.4, 0.5) is 4.39 Å². The molecule has 0 amide bonds. The zero-order chi connectivity index (χ0) is 15.8. The van der Waals surface area contributed by atoms with Crippen molar-refractivity contribution in [1.29, 1.82) is 0 Å². The molecule has 0 bridgehead atoms. The van der Waals surface area contributed by atoms with E-state index in [0.29, 0.717) is 11.4 Å². The average Bonchev–Trinajstić information content (AvgIpc) is 2.53. The number of nitrogens with zero attached hydrogens (tertiary/aromatic N) is 2. The molecule has 130 valence electrons. The molecular weight excluding hydrogens is 428 g/mol. The molecular formula is C16H25FIN3OS. The number of aliphatic hydroxyl groups excluding tert-OH is 1. The summed E-state index contributed by atoms with van der Waals surface area (Å²) in [5, 5.41) is 12.9. The Balaban J connectivity index is 0.00000264. The number of guanidine groups is 1. The summed E-state index contributed by atoms with van der Waals surface area (Å²) in [6, 6.07) is 6.82. The Morgan fingerprint density at radius 2 is 2.09 bits per heavy atom. The van der Waals surface area contributed by atoms with Crippen LogP contribution in [0.2, 0.25) is 0 Å². The molecule has 0 saturated carbocycles. The summed E-state index contributed by atoms with van der Waals surface area (Å²) >= 11 is 1.49. The van der Waals surface area contributed by atoms with Crippen LogP contribution in [-0.4, -0.2) is 54.0 Å². The topological polar surface area (TPSA) is 47.9 Å². The first-order chi connectivity index (χ1) is 10.7. The van der Waals surface area contributed by atoms with Crippen LogP contribution in [0.25, 0.3) is 0 Å². The molecule has 1 aliphatic heterocycles. The van der Waals surface area contributed by atoms with Gasteiger partial charge in [-0.25, -0.2) is 4.39 Å². The predicted molar refractivity (Wildman–Crippen MR) is 105 cm³/mol. The van der Waals surface area contributed by atoms with E-state index >= 15 is 0 Å². The van der Waals surface area contributed by atoms with Crippen LogP contribution < -0.4 is 5.32 Å². The van der Waals surface area contributed by atoms with Gasteiger partial charge >= 0.3 is 0 Å². The van der Waals surface area contributed by atoms with Crippen LogP contribution >= 0.6 is 35.7 Å². The van der Waals surface area contributed by atoms with Gasteiger partial charge in [0.05, 0.1) is 12.6 Å². The summed E-state index contributed by atoms with van der Waals surface area (Å²) in [7, 11) is 0. The minimum atomic E-state index is -0.185. The molecule has 2 N–H and O–H groups in total. The van der Waals surface area contributed by atoms with Crippen molar-refractivity contribution >= 4 is 41.7 Å². The van der Waals surface area contributed by atoms with Crippen molar-refractivity contribution in [3.8, 4) is 0 Å². The molecule has 2 rings (SSSR count). The van der Waals surface area contributed by atoms with Gasteiger partial charge in [-0.1, -0.05) is 12.1 Å². The highest BCUT2D eigenvalue weighted by Gasteiger charge is 2.19. The van der Waals surface area contributed by atoms with Gasteiger partial charge < -0.3 is 15.3 Å². The Bertz CT molecular complexity index is 496. The smallest absolute Gasteiger partial charge is 0.193 e. The number of aliphatic hydroxyl groups is 1. The number of piperidine rings is 1. The van der Waals surface area contributed by atoms with E-state index in [0.717, 1.165) is 44.2 Å². The molecule has 4 nitrogen and oxygen atoms in total. The lowest BCUT2D eigenvalue weighted by atomic mass is 10.1. The Morgan fingerprint density at radius 3 is 2.74 bits per heavy atom. The van der Waals surface area contributed by atoms with Crippen LogP contribution in [0.5, 0.6) is 0 Å². The zero-order valence-electron chi connectivity index (χ0n) is 13.4. The number of hydrogen-bond donors (Lipinski definition) is 2. The largest absolute Gasteiger partial charge is 0.393 e. The van der Waals surface area contributed by atoms with Gasteiger partial charge in [-0.15, -0.1) is 35.7 Å². The molecule has 0 atom stereocenters. The molecule has 1 heterocycles. The number of rotatable bonds is 5. The van der Waals surface area contributed by atoms with Gasteiger partial charge in [0, 0.05) is 30.3 Å². The molecule has 0 aliphatic carbocycles. The van der Waals surface area contributed by atoms with Crippen LogP contribution in [0.15, 0.2) is 34.2 Å². The van der Waals surface area contributed by atoms with E-state index in [4.69, 9.17) is 0 Å². The van der Waals surface area contributed by atoms with Gasteiger partial charge in [-0.2, -0.15) is 0 Å². The molecule has 0 unspecified atom stereocenters. The number of thioether (sulfide) groups is 1. The summed E-state index contributed by atoms with van der Waals surface area (Å²) in [6.45, 7) is 5.15. The first kappa shape index (κ1) is 20.5. The fourth-order valence-electron chi connectivity index (χ4n) is 2.37. The van der Waals surface area contributed by atoms with Crippen LogP contribution in [0.1, 0.15) is 19.8 Å². The molecule has 0 aromatic heterocycles. The van der Waals surface area contributed by atoms with Crippen molar-refractivity contribution in [3.63, 3.8) is 0 Å². The highest BCUT2D eigenvalue weighted by Crippen LogP contribution is 2.20. The van der Waals surface area contributed by atoms with Crippen molar-refractivity contribution < 1.29 is 9.50 Å². The number of benzene rings is 1. The van der Waals surface area contributed by atoms with E-state index < -0.39 is 0 Å².